The number of carbonyl (C=O) groups is 2. The number of methoxy groups -OCH3 is 1. The van der Waals surface area contributed by atoms with Crippen LogP contribution in [0.2, 0.25) is 0 Å². The summed E-state index contributed by atoms with van der Waals surface area (Å²) in [6, 6.07) is 17.8. The number of piperidine rings is 1. The number of amides is 2. The first-order chi connectivity index (χ1) is 15.6. The number of thiophene rings is 1. The fourth-order valence-corrected chi connectivity index (χ4v) is 5.85. The number of carbonyl (C=O) groups excluding carboxylic acids is 2. The van der Waals surface area contributed by atoms with Gasteiger partial charge in [-0.05, 0) is 78.8 Å². The Bertz CT molecular complexity index is 1150. The Hall–Kier alpha value is -3.12. The fraction of sp³-hybridized carbons (Fsp3) is 0.308. The number of hydrogen-bond acceptors (Lipinski definition) is 4. The summed E-state index contributed by atoms with van der Waals surface area (Å²) in [6.45, 7) is 1.23. The van der Waals surface area contributed by atoms with Gasteiger partial charge in [-0.3, -0.25) is 9.59 Å². The topological polar surface area (TPSA) is 58.6 Å². The van der Waals surface area contributed by atoms with E-state index in [9.17, 15) is 9.59 Å². The van der Waals surface area contributed by atoms with Crippen LogP contribution in [0.3, 0.4) is 0 Å². The van der Waals surface area contributed by atoms with E-state index >= 15 is 0 Å². The summed E-state index contributed by atoms with van der Waals surface area (Å²) in [4.78, 5) is 29.7. The molecule has 0 saturated carbocycles. The number of anilines is 1. The van der Waals surface area contributed by atoms with Crippen LogP contribution in [-0.4, -0.2) is 36.9 Å². The molecule has 0 bridgehead atoms. The molecule has 1 fully saturated rings. The lowest BCUT2D eigenvalue weighted by Crippen LogP contribution is -2.41. The lowest BCUT2D eigenvalue weighted by atomic mass is 9.91. The molecule has 3 aromatic rings. The summed E-state index contributed by atoms with van der Waals surface area (Å²) < 4.78 is 5.36. The summed E-state index contributed by atoms with van der Waals surface area (Å²) >= 11 is 1.59. The van der Waals surface area contributed by atoms with E-state index in [0.717, 1.165) is 29.2 Å². The first kappa shape index (κ1) is 20.8. The maximum Gasteiger partial charge on any atom is 0.263 e. The van der Waals surface area contributed by atoms with E-state index in [0.29, 0.717) is 25.9 Å². The number of para-hydroxylation sites is 1. The van der Waals surface area contributed by atoms with Gasteiger partial charge < -0.3 is 15.0 Å². The van der Waals surface area contributed by atoms with Crippen molar-refractivity contribution in [3.05, 3.63) is 70.6 Å². The monoisotopic (exact) mass is 446 g/mol. The smallest absolute Gasteiger partial charge is 0.263 e. The van der Waals surface area contributed by atoms with Gasteiger partial charge in [-0.1, -0.05) is 18.2 Å². The lowest BCUT2D eigenvalue weighted by Gasteiger charge is -2.31. The van der Waals surface area contributed by atoms with Gasteiger partial charge in [0, 0.05) is 29.6 Å². The molecule has 32 heavy (non-hydrogen) atoms. The van der Waals surface area contributed by atoms with Gasteiger partial charge in [0.2, 0.25) is 5.91 Å². The Balaban J connectivity index is 1.24. The number of rotatable bonds is 4. The molecule has 1 aliphatic carbocycles. The predicted octanol–water partition coefficient (Wildman–Crippen LogP) is 5.01. The molecule has 1 saturated heterocycles. The van der Waals surface area contributed by atoms with Gasteiger partial charge in [-0.2, -0.15) is 0 Å². The molecule has 2 aliphatic rings. The van der Waals surface area contributed by atoms with Gasteiger partial charge in [0.1, 0.15) is 5.75 Å². The van der Waals surface area contributed by atoms with Crippen molar-refractivity contribution in [1.29, 1.82) is 0 Å². The number of benzene rings is 2. The minimum absolute atomic E-state index is 0.0434. The fourth-order valence-electron chi connectivity index (χ4n) is 4.61. The van der Waals surface area contributed by atoms with Gasteiger partial charge in [0.05, 0.1) is 12.0 Å². The first-order valence-electron chi connectivity index (χ1n) is 11.1. The summed E-state index contributed by atoms with van der Waals surface area (Å²) in [7, 11) is 1.69. The highest BCUT2D eigenvalue weighted by Crippen LogP contribution is 2.41. The van der Waals surface area contributed by atoms with Crippen LogP contribution in [0, 0.1) is 5.92 Å². The molecule has 2 amide bonds. The van der Waals surface area contributed by atoms with E-state index in [1.54, 1.807) is 18.4 Å². The SMILES string of the molecule is COc1ccc2c(c1)CCc1cc(C(=O)N3CCC(C(=O)Nc4ccccc4)CC3)sc1-2. The van der Waals surface area contributed by atoms with Crippen molar-refractivity contribution < 1.29 is 14.3 Å². The van der Waals surface area contributed by atoms with Gasteiger partial charge in [-0.15, -0.1) is 11.3 Å². The van der Waals surface area contributed by atoms with Crippen molar-refractivity contribution in [3.8, 4) is 16.2 Å². The van der Waals surface area contributed by atoms with E-state index in [1.165, 1.54) is 21.6 Å². The molecule has 1 aliphatic heterocycles. The number of fused-ring (bicyclic) bond motifs is 3. The third-order valence-electron chi connectivity index (χ3n) is 6.43. The third kappa shape index (κ3) is 4.02. The number of nitrogens with one attached hydrogen (secondary N) is 1. The van der Waals surface area contributed by atoms with Crippen molar-refractivity contribution >= 4 is 28.8 Å². The molecule has 0 radical (unpaired) electrons. The quantitative estimate of drug-likeness (QED) is 0.613. The van der Waals surface area contributed by atoms with E-state index in [-0.39, 0.29) is 17.7 Å². The molecule has 6 heteroatoms. The van der Waals surface area contributed by atoms with Crippen LogP contribution < -0.4 is 10.1 Å². The zero-order valence-electron chi connectivity index (χ0n) is 18.1. The van der Waals surface area contributed by atoms with Crippen molar-refractivity contribution in [2.45, 2.75) is 25.7 Å². The second-order valence-corrected chi connectivity index (χ2v) is 9.46. The highest BCUT2D eigenvalue weighted by molar-refractivity contribution is 7.17. The highest BCUT2D eigenvalue weighted by atomic mass is 32.1. The largest absolute Gasteiger partial charge is 0.497 e. The van der Waals surface area contributed by atoms with E-state index in [2.05, 4.69) is 23.5 Å². The van der Waals surface area contributed by atoms with Crippen LogP contribution in [0.1, 0.15) is 33.6 Å². The number of ether oxygens (including phenoxy) is 1. The van der Waals surface area contributed by atoms with Crippen LogP contribution >= 0.6 is 11.3 Å². The van der Waals surface area contributed by atoms with Crippen molar-refractivity contribution in [1.82, 2.24) is 4.90 Å². The van der Waals surface area contributed by atoms with E-state index in [4.69, 9.17) is 4.74 Å². The number of aryl methyl sites for hydroxylation is 2. The molecule has 2 aromatic carbocycles. The molecular weight excluding hydrogens is 420 g/mol. The van der Waals surface area contributed by atoms with Gasteiger partial charge in [0.25, 0.3) is 5.91 Å². The Labute approximate surface area is 192 Å². The maximum absolute atomic E-state index is 13.2. The molecule has 1 aromatic heterocycles. The van der Waals surface area contributed by atoms with Crippen molar-refractivity contribution in [3.63, 3.8) is 0 Å². The predicted molar refractivity (Wildman–Crippen MR) is 127 cm³/mol. The standard InChI is InChI=1S/C26H26N2O3S/c1-31-21-9-10-22-18(15-21)7-8-19-16-23(32-24(19)22)26(30)28-13-11-17(12-14-28)25(29)27-20-5-3-2-4-6-20/h2-6,9-10,15-17H,7-8,11-14H2,1H3,(H,27,29). The minimum atomic E-state index is -0.0577. The molecule has 0 spiro atoms. The van der Waals surface area contributed by atoms with Crippen LogP contribution in [0.25, 0.3) is 10.4 Å². The molecule has 164 valence electrons. The molecule has 1 N–H and O–H groups in total. The number of nitrogens with zero attached hydrogens (tertiary/aromatic N) is 1. The van der Waals surface area contributed by atoms with Crippen LogP contribution in [0.15, 0.2) is 54.6 Å². The average molecular weight is 447 g/mol. The normalized spacial score (nSPS) is 15.6. The molecule has 0 atom stereocenters. The molecule has 0 unspecified atom stereocenters. The maximum atomic E-state index is 13.2. The number of likely N-dealkylation sites (tertiary alicyclic amines) is 1. The first-order valence-corrected chi connectivity index (χ1v) is 11.9. The lowest BCUT2D eigenvalue weighted by molar-refractivity contribution is -0.121. The highest BCUT2D eigenvalue weighted by Gasteiger charge is 2.30. The summed E-state index contributed by atoms with van der Waals surface area (Å²) in [5.74, 6) is 0.945. The summed E-state index contributed by atoms with van der Waals surface area (Å²) in [6.07, 6.45) is 3.29. The Morgan fingerprint density at radius 2 is 1.75 bits per heavy atom. The van der Waals surface area contributed by atoms with E-state index < -0.39 is 0 Å². The minimum Gasteiger partial charge on any atom is -0.497 e. The summed E-state index contributed by atoms with van der Waals surface area (Å²) in [5, 5.41) is 2.99. The molecule has 2 heterocycles. The Kier molecular flexibility index (Phi) is 5.70. The second kappa shape index (κ2) is 8.79. The molecule has 5 nitrogen and oxygen atoms in total. The van der Waals surface area contributed by atoms with Crippen LogP contribution in [0.4, 0.5) is 5.69 Å². The zero-order chi connectivity index (χ0) is 22.1. The molecule has 5 rings (SSSR count). The third-order valence-corrected chi connectivity index (χ3v) is 7.63. The Morgan fingerprint density at radius 1 is 1.00 bits per heavy atom. The van der Waals surface area contributed by atoms with Crippen molar-refractivity contribution in [2.75, 3.05) is 25.5 Å². The number of hydrogen-bond donors (Lipinski definition) is 1. The van der Waals surface area contributed by atoms with Gasteiger partial charge in [-0.25, -0.2) is 0 Å². The molecular formula is C26H26N2O3S. The second-order valence-electron chi connectivity index (χ2n) is 8.41. The van der Waals surface area contributed by atoms with Crippen LogP contribution in [-0.2, 0) is 17.6 Å². The van der Waals surface area contributed by atoms with Crippen LogP contribution in [0.5, 0.6) is 5.75 Å². The summed E-state index contributed by atoms with van der Waals surface area (Å²) in [5.41, 5.74) is 4.57. The Morgan fingerprint density at radius 3 is 2.50 bits per heavy atom. The average Bonchev–Trinajstić information content (AvgIpc) is 3.29. The van der Waals surface area contributed by atoms with E-state index in [1.807, 2.05) is 41.3 Å². The van der Waals surface area contributed by atoms with Gasteiger partial charge in [0.15, 0.2) is 0 Å². The zero-order valence-corrected chi connectivity index (χ0v) is 18.9. The van der Waals surface area contributed by atoms with Crippen molar-refractivity contribution in [2.24, 2.45) is 5.92 Å². The van der Waals surface area contributed by atoms with Gasteiger partial charge >= 0.3 is 0 Å².